The molecule has 0 atom stereocenters. The monoisotopic (exact) mass is 538 g/mol. The van der Waals surface area contributed by atoms with Gasteiger partial charge in [-0.15, -0.1) is 0 Å². The highest BCUT2D eigenvalue weighted by atomic mass is 19.3. The van der Waals surface area contributed by atoms with Gasteiger partial charge in [-0.3, -0.25) is 9.78 Å². The summed E-state index contributed by atoms with van der Waals surface area (Å²) < 4.78 is 31.9. The van der Waals surface area contributed by atoms with E-state index in [2.05, 4.69) is 20.6 Å². The average Bonchev–Trinajstić information content (AvgIpc) is 2.98. The molecule has 202 valence electrons. The number of pyridine rings is 2. The maximum atomic E-state index is 13.4. The van der Waals surface area contributed by atoms with E-state index in [0.29, 0.717) is 5.69 Å². The number of anilines is 2. The largest absolute Gasteiger partial charge is 0.497 e. The smallest absolute Gasteiger partial charge is 0.264 e. The van der Waals surface area contributed by atoms with Crippen molar-refractivity contribution in [2.24, 2.45) is 0 Å². The Morgan fingerprint density at radius 2 is 1.75 bits per heavy atom. The van der Waals surface area contributed by atoms with Crippen LogP contribution in [0.1, 0.15) is 33.5 Å². The fourth-order valence-electron chi connectivity index (χ4n) is 4.50. The normalized spacial score (nSPS) is 11.0. The molecule has 2 aromatic heterocycles. The van der Waals surface area contributed by atoms with Crippen LogP contribution in [0.2, 0.25) is 0 Å². The number of methoxy groups -OCH3 is 1. The fraction of sp³-hybridized carbons (Fsp3) is 0.156. The Morgan fingerprint density at radius 1 is 0.950 bits per heavy atom. The van der Waals surface area contributed by atoms with Crippen molar-refractivity contribution in [1.29, 1.82) is 0 Å². The number of benzene rings is 3. The number of rotatable bonds is 9. The van der Waals surface area contributed by atoms with Gasteiger partial charge in [0.05, 0.1) is 12.6 Å². The van der Waals surface area contributed by atoms with Gasteiger partial charge < -0.3 is 15.4 Å². The van der Waals surface area contributed by atoms with E-state index >= 15 is 0 Å². The molecule has 0 fully saturated rings. The molecular formula is C32H28F2N4O2. The molecule has 5 aromatic rings. The summed E-state index contributed by atoms with van der Waals surface area (Å²) in [5.74, 6) is 0.991. The van der Waals surface area contributed by atoms with Crippen LogP contribution >= 0.6 is 0 Å². The third-order valence-corrected chi connectivity index (χ3v) is 6.69. The van der Waals surface area contributed by atoms with E-state index in [1.54, 1.807) is 31.6 Å². The van der Waals surface area contributed by atoms with E-state index in [0.717, 1.165) is 52.1 Å². The number of nitrogens with zero attached hydrogens (tertiary/aromatic N) is 2. The minimum atomic E-state index is -2.74. The quantitative estimate of drug-likeness (QED) is 0.204. The summed E-state index contributed by atoms with van der Waals surface area (Å²) in [5, 5.41) is 6.98. The summed E-state index contributed by atoms with van der Waals surface area (Å²) >= 11 is 0. The third-order valence-electron chi connectivity index (χ3n) is 6.69. The minimum absolute atomic E-state index is 0.0496. The molecule has 0 radical (unpaired) electrons. The molecular weight excluding hydrogens is 510 g/mol. The third kappa shape index (κ3) is 6.07. The molecule has 0 saturated heterocycles. The molecule has 1 amide bonds. The van der Waals surface area contributed by atoms with E-state index in [1.807, 2.05) is 55.5 Å². The van der Waals surface area contributed by atoms with Crippen LogP contribution in [0.15, 0.2) is 91.3 Å². The molecule has 8 heteroatoms. The van der Waals surface area contributed by atoms with Gasteiger partial charge in [-0.1, -0.05) is 36.4 Å². The first-order chi connectivity index (χ1) is 19.4. The van der Waals surface area contributed by atoms with Crippen molar-refractivity contribution in [3.05, 3.63) is 114 Å². The molecule has 2 heterocycles. The van der Waals surface area contributed by atoms with Crippen molar-refractivity contribution in [1.82, 2.24) is 9.97 Å². The number of alkyl halides is 2. The number of ether oxygens (including phenoxy) is 1. The Hall–Kier alpha value is -4.85. The van der Waals surface area contributed by atoms with Gasteiger partial charge in [-0.05, 0) is 66.4 Å². The lowest BCUT2D eigenvalue weighted by Gasteiger charge is -2.13. The second-order valence-corrected chi connectivity index (χ2v) is 9.38. The summed E-state index contributed by atoms with van der Waals surface area (Å²) in [6.45, 7) is 2.69. The molecule has 0 aliphatic rings. The number of hydrogen-bond donors (Lipinski definition) is 2. The number of carbonyl (C=O) groups excluding carboxylic acids is 1. The van der Waals surface area contributed by atoms with E-state index in [1.165, 1.54) is 23.8 Å². The second kappa shape index (κ2) is 11.9. The molecule has 0 unspecified atom stereocenters. The first-order valence-corrected chi connectivity index (χ1v) is 12.8. The maximum Gasteiger partial charge on any atom is 0.264 e. The molecule has 5 rings (SSSR count). The number of halogens is 2. The first-order valence-electron chi connectivity index (χ1n) is 12.8. The van der Waals surface area contributed by atoms with Crippen LogP contribution in [0, 0.1) is 6.92 Å². The minimum Gasteiger partial charge on any atom is -0.497 e. The molecule has 0 spiro atoms. The molecule has 6 nitrogen and oxygen atoms in total. The number of amides is 1. The van der Waals surface area contributed by atoms with Crippen molar-refractivity contribution in [3.8, 4) is 16.9 Å². The number of aryl methyl sites for hydroxylation is 1. The molecule has 3 aromatic carbocycles. The molecule has 0 bridgehead atoms. The van der Waals surface area contributed by atoms with Crippen molar-refractivity contribution in [2.45, 2.75) is 19.8 Å². The zero-order valence-corrected chi connectivity index (χ0v) is 22.1. The van der Waals surface area contributed by atoms with Gasteiger partial charge in [0.15, 0.2) is 0 Å². The lowest BCUT2D eigenvalue weighted by atomic mass is 10.00. The van der Waals surface area contributed by atoms with Crippen LogP contribution in [-0.4, -0.2) is 29.5 Å². The second-order valence-electron chi connectivity index (χ2n) is 9.38. The topological polar surface area (TPSA) is 76.1 Å². The lowest BCUT2D eigenvalue weighted by molar-refractivity contribution is 0.101. The highest BCUT2D eigenvalue weighted by Gasteiger charge is 2.18. The summed E-state index contributed by atoms with van der Waals surface area (Å²) in [4.78, 5) is 22.0. The van der Waals surface area contributed by atoms with Gasteiger partial charge >= 0.3 is 0 Å². The van der Waals surface area contributed by atoms with E-state index in [9.17, 15) is 13.6 Å². The summed E-state index contributed by atoms with van der Waals surface area (Å²) in [5.41, 5.74) is 4.87. The van der Waals surface area contributed by atoms with E-state index in [-0.39, 0.29) is 11.1 Å². The maximum absolute atomic E-state index is 13.4. The fourth-order valence-corrected chi connectivity index (χ4v) is 4.50. The Balaban J connectivity index is 1.30. The van der Waals surface area contributed by atoms with Crippen molar-refractivity contribution < 1.29 is 18.3 Å². The van der Waals surface area contributed by atoms with Crippen LogP contribution in [0.4, 0.5) is 20.3 Å². The Kier molecular flexibility index (Phi) is 7.96. The van der Waals surface area contributed by atoms with E-state index in [4.69, 9.17) is 4.74 Å². The van der Waals surface area contributed by atoms with Gasteiger partial charge in [0.1, 0.15) is 11.6 Å². The Labute approximate surface area is 231 Å². The first kappa shape index (κ1) is 26.7. The van der Waals surface area contributed by atoms with Gasteiger partial charge in [-0.2, -0.15) is 0 Å². The van der Waals surface area contributed by atoms with Gasteiger partial charge in [-0.25, -0.2) is 13.8 Å². The van der Waals surface area contributed by atoms with Crippen LogP contribution in [0.3, 0.4) is 0 Å². The number of nitrogens with one attached hydrogen (secondary N) is 2. The van der Waals surface area contributed by atoms with E-state index < -0.39 is 12.3 Å². The number of carbonyl (C=O) groups is 1. The summed E-state index contributed by atoms with van der Waals surface area (Å²) in [7, 11) is 1.65. The lowest BCUT2D eigenvalue weighted by Crippen LogP contribution is -2.14. The number of hydrogen-bond acceptors (Lipinski definition) is 5. The Bertz CT molecular complexity index is 1660. The van der Waals surface area contributed by atoms with Crippen LogP contribution < -0.4 is 15.4 Å². The standard InChI is InChI=1S/C32H28F2N4O2/c1-20-7-10-24(38-32(39)27-6-4-3-5-26(27)31(33)34)16-28(20)22-15-23-19-37-30(17-29(23)36-18-22)35-14-13-21-8-11-25(40-2)12-9-21/h3-12,15-19,31H,13-14H2,1-2H3,(H,35,37)(H,38,39). The highest BCUT2D eigenvalue weighted by Crippen LogP contribution is 2.30. The molecule has 2 N–H and O–H groups in total. The number of aromatic nitrogens is 2. The van der Waals surface area contributed by atoms with Crippen LogP contribution in [-0.2, 0) is 6.42 Å². The molecule has 0 aliphatic carbocycles. The average molecular weight is 539 g/mol. The van der Waals surface area contributed by atoms with Gasteiger partial charge in [0.25, 0.3) is 12.3 Å². The van der Waals surface area contributed by atoms with Crippen molar-refractivity contribution in [3.63, 3.8) is 0 Å². The molecule has 0 saturated carbocycles. The highest BCUT2D eigenvalue weighted by molar-refractivity contribution is 6.05. The van der Waals surface area contributed by atoms with Gasteiger partial charge in [0, 0.05) is 52.8 Å². The predicted octanol–water partition coefficient (Wildman–Crippen LogP) is 7.46. The van der Waals surface area contributed by atoms with Crippen LogP contribution in [0.5, 0.6) is 5.75 Å². The summed E-state index contributed by atoms with van der Waals surface area (Å²) in [6.07, 6.45) is 1.67. The number of fused-ring (bicyclic) bond motifs is 1. The zero-order chi connectivity index (χ0) is 28.1. The summed E-state index contributed by atoms with van der Waals surface area (Å²) in [6, 6.07) is 23.1. The predicted molar refractivity (Wildman–Crippen MR) is 154 cm³/mol. The SMILES string of the molecule is COc1ccc(CCNc2cc3ncc(-c4cc(NC(=O)c5ccccc5C(F)F)ccc4C)cc3cn2)cc1. The molecule has 40 heavy (non-hydrogen) atoms. The van der Waals surface area contributed by atoms with Crippen molar-refractivity contribution in [2.75, 3.05) is 24.3 Å². The van der Waals surface area contributed by atoms with Gasteiger partial charge in [0.2, 0.25) is 0 Å². The van der Waals surface area contributed by atoms with Crippen LogP contribution in [0.25, 0.3) is 22.0 Å². The van der Waals surface area contributed by atoms with Crippen molar-refractivity contribution >= 4 is 28.3 Å². The zero-order valence-electron chi connectivity index (χ0n) is 22.1. The Morgan fingerprint density at radius 3 is 2.52 bits per heavy atom. The molecule has 0 aliphatic heterocycles.